The maximum atomic E-state index is 14.4. The van der Waals surface area contributed by atoms with Crippen LogP contribution in [0.1, 0.15) is 79.2 Å². The van der Waals surface area contributed by atoms with Crippen LogP contribution in [0.3, 0.4) is 0 Å². The number of aliphatic imine (C=N–C) groups is 1. The molecule has 2 heterocycles. The molecule has 2 fully saturated rings. The second kappa shape index (κ2) is 21.3. The molecule has 42 heavy (non-hydrogen) atoms. The van der Waals surface area contributed by atoms with Crippen molar-refractivity contribution < 1.29 is 13.9 Å². The lowest BCUT2D eigenvalue weighted by atomic mass is 10.0. The summed E-state index contributed by atoms with van der Waals surface area (Å²) in [6.45, 7) is 20.9. The molecule has 2 saturated heterocycles. The van der Waals surface area contributed by atoms with Crippen LogP contribution in [0.5, 0.6) is 5.75 Å². The van der Waals surface area contributed by atoms with E-state index in [1.165, 1.54) is 18.9 Å². The summed E-state index contributed by atoms with van der Waals surface area (Å²) in [5, 5.41) is 1.89. The van der Waals surface area contributed by atoms with E-state index in [9.17, 15) is 9.18 Å². The molecule has 2 aromatic rings. The van der Waals surface area contributed by atoms with Crippen molar-refractivity contribution in [1.29, 1.82) is 0 Å². The van der Waals surface area contributed by atoms with Gasteiger partial charge in [-0.3, -0.25) is 4.79 Å². The van der Waals surface area contributed by atoms with Gasteiger partial charge in [0.05, 0.1) is 5.70 Å². The Morgan fingerprint density at radius 1 is 1.02 bits per heavy atom. The molecule has 2 aromatic carbocycles. The van der Waals surface area contributed by atoms with Crippen LogP contribution in [0, 0.1) is 5.82 Å². The monoisotopic (exact) mass is 617 g/mol. The Kier molecular flexibility index (Phi) is 19.1. The molecule has 0 N–H and O–H groups in total. The summed E-state index contributed by atoms with van der Waals surface area (Å²) in [5.41, 5.74) is 1.76. The third-order valence-electron chi connectivity index (χ3n) is 6.38. The summed E-state index contributed by atoms with van der Waals surface area (Å²) in [4.78, 5) is 22.0. The molecule has 5 nitrogen and oxygen atoms in total. The van der Waals surface area contributed by atoms with E-state index in [-0.39, 0.29) is 17.7 Å². The number of likely N-dealkylation sites (tertiary alicyclic amines) is 2. The molecule has 4 rings (SSSR count). The largest absolute Gasteiger partial charge is 0.477 e. The van der Waals surface area contributed by atoms with Gasteiger partial charge in [-0.15, -0.1) is 0 Å². The molecule has 0 bridgehead atoms. The Morgan fingerprint density at radius 3 is 2.14 bits per heavy atom. The number of rotatable bonds is 6. The number of amides is 1. The molecule has 0 aliphatic carbocycles. The molecule has 2 unspecified atom stereocenters. The molecule has 2 aliphatic rings. The molecule has 0 saturated carbocycles. The number of ether oxygens (including phenoxy) is 1. The van der Waals surface area contributed by atoms with Crippen LogP contribution in [0.4, 0.5) is 4.39 Å². The Hall–Kier alpha value is -2.37. The quantitative estimate of drug-likeness (QED) is 0.185. The van der Waals surface area contributed by atoms with E-state index in [0.29, 0.717) is 21.5 Å². The first-order valence-electron chi connectivity index (χ1n) is 15.4. The summed E-state index contributed by atoms with van der Waals surface area (Å²) >= 11 is 1.62. The predicted octanol–water partition coefficient (Wildman–Crippen LogP) is 8.45. The van der Waals surface area contributed by atoms with E-state index in [2.05, 4.69) is 39.2 Å². The highest BCUT2D eigenvalue weighted by Gasteiger charge is 2.39. The number of amidine groups is 1. The predicted molar refractivity (Wildman–Crippen MR) is 185 cm³/mol. The Balaban J connectivity index is 0.000000998. The van der Waals surface area contributed by atoms with Gasteiger partial charge in [0.25, 0.3) is 5.91 Å². The third-order valence-corrected chi connectivity index (χ3v) is 7.98. The second-order valence-corrected chi connectivity index (χ2v) is 11.7. The van der Waals surface area contributed by atoms with E-state index >= 15 is 0 Å². The number of hydrogen-bond acceptors (Lipinski definition) is 4. The van der Waals surface area contributed by atoms with Crippen LogP contribution < -0.4 is 10.0 Å². The van der Waals surface area contributed by atoms with Crippen molar-refractivity contribution in [3.8, 4) is 5.75 Å². The van der Waals surface area contributed by atoms with Gasteiger partial charge in [-0.2, -0.15) is 0 Å². The smallest absolute Gasteiger partial charge is 0.263 e. The van der Waals surface area contributed by atoms with Crippen molar-refractivity contribution in [2.75, 3.05) is 32.6 Å². The van der Waals surface area contributed by atoms with Crippen molar-refractivity contribution in [1.82, 2.24) is 9.80 Å². The molecule has 234 valence electrons. The van der Waals surface area contributed by atoms with Crippen molar-refractivity contribution in [2.24, 2.45) is 4.99 Å². The van der Waals surface area contributed by atoms with Crippen molar-refractivity contribution in [3.63, 3.8) is 0 Å². The average molecular weight is 618 g/mol. The van der Waals surface area contributed by atoms with Crippen molar-refractivity contribution >= 4 is 42.4 Å². The van der Waals surface area contributed by atoms with Crippen LogP contribution in [-0.4, -0.2) is 65.6 Å². The fourth-order valence-corrected chi connectivity index (χ4v) is 5.64. The first-order chi connectivity index (χ1) is 20.3. The zero-order chi connectivity index (χ0) is 31.5. The summed E-state index contributed by atoms with van der Waals surface area (Å²) in [7, 11) is 0.522. The lowest BCUT2D eigenvalue weighted by Crippen LogP contribution is -2.47. The van der Waals surface area contributed by atoms with E-state index in [0.717, 1.165) is 47.7 Å². The van der Waals surface area contributed by atoms with Gasteiger partial charge in [-0.1, -0.05) is 118 Å². The fourth-order valence-electron chi connectivity index (χ4n) is 4.48. The first kappa shape index (κ1) is 37.7. The fraction of sp³-hybridized carbons (Fsp3) is 0.529. The molecule has 1 amide bonds. The maximum Gasteiger partial charge on any atom is 0.263 e. The van der Waals surface area contributed by atoms with Crippen LogP contribution in [0.15, 0.2) is 60.1 Å². The van der Waals surface area contributed by atoms with Gasteiger partial charge in [0.2, 0.25) is 0 Å². The summed E-state index contributed by atoms with van der Waals surface area (Å²) in [5.74, 6) is -0.264. The van der Waals surface area contributed by atoms with E-state index in [1.807, 2.05) is 68.1 Å². The number of carbonyl (C=O) groups is 1. The normalized spacial score (nSPS) is 17.1. The number of hydrogen-bond donors (Lipinski definition) is 0. The minimum Gasteiger partial charge on any atom is -0.477 e. The van der Waals surface area contributed by atoms with Gasteiger partial charge in [-0.05, 0) is 48.8 Å². The Bertz CT molecular complexity index is 1090. The molecule has 2 atom stereocenters. The SMILES string of the molecule is C=C(N=C(SC)N1CCC(N2CCC(Oc3ccc(PC)cc3F)C2=O)CC1)c1ccccc1.CC.CCC.CCC. The first-order valence-corrected chi connectivity index (χ1v) is 18.1. The Morgan fingerprint density at radius 2 is 1.62 bits per heavy atom. The number of halogens is 1. The molecule has 0 aromatic heterocycles. The molecule has 2 aliphatic heterocycles. The van der Waals surface area contributed by atoms with Crippen molar-refractivity contribution in [3.05, 3.63) is 66.5 Å². The molecule has 0 radical (unpaired) electrons. The van der Waals surface area contributed by atoms with Crippen LogP contribution in [-0.2, 0) is 4.79 Å². The van der Waals surface area contributed by atoms with Gasteiger partial charge in [0.1, 0.15) is 0 Å². The standard InChI is InChI=1S/C26H31FN3O2PS.2C3H8.C2H6/c1-18(19-7-5-4-6-8-19)28-26(34-3)29-14-11-20(12-15-29)30-16-13-24(25(30)31)32-23-10-9-21(33-2)17-22(23)27;2*1-3-2;1-2/h4-10,17,20,24,33H,1,11-16H2,2-3H3;2*3H2,1-2H3;1-2H3. The van der Waals surface area contributed by atoms with E-state index in [1.54, 1.807) is 17.8 Å². The molecule has 8 heteroatoms. The highest BCUT2D eigenvalue weighted by molar-refractivity contribution is 8.13. The van der Waals surface area contributed by atoms with Gasteiger partial charge < -0.3 is 14.5 Å². The third kappa shape index (κ3) is 11.7. The maximum absolute atomic E-state index is 14.4. The number of nitrogens with zero attached hydrogens (tertiary/aromatic N) is 3. The van der Waals surface area contributed by atoms with Crippen LogP contribution in [0.25, 0.3) is 5.70 Å². The summed E-state index contributed by atoms with van der Waals surface area (Å²) < 4.78 is 20.1. The Labute approximate surface area is 261 Å². The van der Waals surface area contributed by atoms with E-state index < -0.39 is 11.9 Å². The van der Waals surface area contributed by atoms with Crippen molar-refractivity contribution in [2.45, 2.75) is 85.8 Å². The summed E-state index contributed by atoms with van der Waals surface area (Å²) in [6, 6.07) is 15.1. The lowest BCUT2D eigenvalue weighted by molar-refractivity contribution is -0.136. The number of benzene rings is 2. The molecule has 0 spiro atoms. The van der Waals surface area contributed by atoms with Crippen LogP contribution in [0.2, 0.25) is 0 Å². The van der Waals surface area contributed by atoms with Gasteiger partial charge in [-0.25, -0.2) is 9.38 Å². The lowest BCUT2D eigenvalue weighted by Gasteiger charge is -2.37. The zero-order valence-corrected chi connectivity index (χ0v) is 28.9. The van der Waals surface area contributed by atoms with Gasteiger partial charge in [0, 0.05) is 32.1 Å². The highest BCUT2D eigenvalue weighted by Crippen LogP contribution is 2.28. The summed E-state index contributed by atoms with van der Waals surface area (Å²) in [6.07, 6.45) is 6.25. The number of thioether (sulfide) groups is 1. The van der Waals surface area contributed by atoms with Gasteiger partial charge in [0.15, 0.2) is 22.8 Å². The number of carbonyl (C=O) groups excluding carboxylic acids is 1. The highest BCUT2D eigenvalue weighted by atomic mass is 32.2. The molecular weight excluding hydrogens is 564 g/mol. The second-order valence-electron chi connectivity index (χ2n) is 9.87. The van der Waals surface area contributed by atoms with Gasteiger partial charge >= 0.3 is 0 Å². The molecular formula is C34H53FN3O2PS. The average Bonchev–Trinajstić information content (AvgIpc) is 3.38. The zero-order valence-electron chi connectivity index (χ0n) is 27.1. The number of piperidine rings is 1. The topological polar surface area (TPSA) is 45.1 Å². The van der Waals surface area contributed by atoms with Crippen LogP contribution >= 0.6 is 20.3 Å². The minimum absolute atomic E-state index is 0.0319. The minimum atomic E-state index is -0.611. The van der Waals surface area contributed by atoms with E-state index in [4.69, 9.17) is 9.73 Å².